The molecule has 0 unspecified atom stereocenters. The van der Waals surface area contributed by atoms with Crippen molar-refractivity contribution in [2.75, 3.05) is 6.61 Å². The number of ketones is 2. The monoisotopic (exact) mass is 254 g/mol. The summed E-state index contributed by atoms with van der Waals surface area (Å²) in [6.07, 6.45) is 2.23. The van der Waals surface area contributed by atoms with Crippen molar-refractivity contribution in [3.63, 3.8) is 0 Å². The van der Waals surface area contributed by atoms with Gasteiger partial charge in [0.2, 0.25) is 0 Å². The summed E-state index contributed by atoms with van der Waals surface area (Å²) in [4.78, 5) is 35.2. The summed E-state index contributed by atoms with van der Waals surface area (Å²) in [5, 5.41) is 0. The van der Waals surface area contributed by atoms with E-state index in [9.17, 15) is 14.4 Å². The maximum absolute atomic E-state index is 12.1. The standard InChI is InChI=1S/C14H22O4/c1-10(2)9-18-13(17)14(8-6-11(3)15)7-4-5-12(14)16/h10H,4-9H2,1-3H3/t14-/m0/s1. The lowest BCUT2D eigenvalue weighted by atomic mass is 9.80. The third-order valence-electron chi connectivity index (χ3n) is 3.38. The van der Waals surface area contributed by atoms with Crippen LogP contribution in [0.4, 0.5) is 0 Å². The Morgan fingerprint density at radius 2 is 2.06 bits per heavy atom. The van der Waals surface area contributed by atoms with Gasteiger partial charge in [-0.25, -0.2) is 0 Å². The maximum Gasteiger partial charge on any atom is 0.319 e. The van der Waals surface area contributed by atoms with Crippen molar-refractivity contribution in [1.29, 1.82) is 0 Å². The van der Waals surface area contributed by atoms with Crippen molar-refractivity contribution in [3.8, 4) is 0 Å². The number of esters is 1. The number of rotatable bonds is 6. The SMILES string of the molecule is CC(=O)CC[C@@]1(C(=O)OCC(C)C)CCCC1=O. The van der Waals surface area contributed by atoms with Gasteiger partial charge in [-0.1, -0.05) is 13.8 Å². The summed E-state index contributed by atoms with van der Waals surface area (Å²) in [5.41, 5.74) is -1.04. The molecule has 102 valence electrons. The molecule has 0 aromatic carbocycles. The summed E-state index contributed by atoms with van der Waals surface area (Å²) in [6.45, 7) is 5.71. The van der Waals surface area contributed by atoms with E-state index in [0.29, 0.717) is 32.3 Å². The first-order valence-electron chi connectivity index (χ1n) is 6.58. The quantitative estimate of drug-likeness (QED) is 0.539. The van der Waals surface area contributed by atoms with Crippen LogP contribution in [0.1, 0.15) is 52.9 Å². The number of ether oxygens (including phenoxy) is 1. The lowest BCUT2D eigenvalue weighted by Crippen LogP contribution is -2.38. The van der Waals surface area contributed by atoms with Crippen LogP contribution in [-0.2, 0) is 19.1 Å². The molecule has 1 rings (SSSR count). The Kier molecular flexibility index (Phi) is 5.05. The second-order valence-corrected chi connectivity index (χ2v) is 5.55. The van der Waals surface area contributed by atoms with Gasteiger partial charge in [0, 0.05) is 12.8 Å². The van der Waals surface area contributed by atoms with Gasteiger partial charge in [0.05, 0.1) is 6.61 Å². The molecule has 1 fully saturated rings. The van der Waals surface area contributed by atoms with Crippen LogP contribution in [0, 0.1) is 11.3 Å². The molecule has 1 atom stereocenters. The average molecular weight is 254 g/mol. The second-order valence-electron chi connectivity index (χ2n) is 5.55. The van der Waals surface area contributed by atoms with Crippen molar-refractivity contribution >= 4 is 17.5 Å². The van der Waals surface area contributed by atoms with Gasteiger partial charge in [-0.05, 0) is 32.1 Å². The number of hydrogen-bond acceptors (Lipinski definition) is 4. The van der Waals surface area contributed by atoms with Gasteiger partial charge in [0.1, 0.15) is 17.0 Å². The fraction of sp³-hybridized carbons (Fsp3) is 0.786. The minimum atomic E-state index is -1.04. The lowest BCUT2D eigenvalue weighted by molar-refractivity contribution is -0.160. The summed E-state index contributed by atoms with van der Waals surface area (Å²) < 4.78 is 5.22. The van der Waals surface area contributed by atoms with E-state index in [0.717, 1.165) is 0 Å². The molecule has 4 nitrogen and oxygen atoms in total. The molecule has 1 aliphatic carbocycles. The number of Topliss-reactive ketones (excluding diaryl/α,β-unsaturated/α-hetero) is 2. The number of carbonyl (C=O) groups excluding carboxylic acids is 3. The molecule has 0 bridgehead atoms. The van der Waals surface area contributed by atoms with Gasteiger partial charge in [-0.2, -0.15) is 0 Å². The molecule has 0 amide bonds. The molecular weight excluding hydrogens is 232 g/mol. The first kappa shape index (κ1) is 14.9. The minimum absolute atomic E-state index is 0.00531. The van der Waals surface area contributed by atoms with E-state index in [1.54, 1.807) is 0 Å². The summed E-state index contributed by atoms with van der Waals surface area (Å²) >= 11 is 0. The third kappa shape index (κ3) is 3.40. The lowest BCUT2D eigenvalue weighted by Gasteiger charge is -2.25. The smallest absolute Gasteiger partial charge is 0.319 e. The van der Waals surface area contributed by atoms with E-state index >= 15 is 0 Å². The zero-order chi connectivity index (χ0) is 13.8. The van der Waals surface area contributed by atoms with Crippen LogP contribution in [0.25, 0.3) is 0 Å². The van der Waals surface area contributed by atoms with Crippen LogP contribution in [0.2, 0.25) is 0 Å². The number of hydrogen-bond donors (Lipinski definition) is 0. The predicted octanol–water partition coefficient (Wildman–Crippen LogP) is 2.29. The summed E-state index contributed by atoms with van der Waals surface area (Å²) in [7, 11) is 0. The van der Waals surface area contributed by atoms with Gasteiger partial charge in [0.25, 0.3) is 0 Å². The van der Waals surface area contributed by atoms with E-state index in [-0.39, 0.29) is 23.9 Å². The Morgan fingerprint density at radius 1 is 1.39 bits per heavy atom. The zero-order valence-electron chi connectivity index (χ0n) is 11.5. The van der Waals surface area contributed by atoms with Gasteiger partial charge in [0.15, 0.2) is 0 Å². The minimum Gasteiger partial charge on any atom is -0.465 e. The van der Waals surface area contributed by atoms with Crippen LogP contribution in [0.5, 0.6) is 0 Å². The topological polar surface area (TPSA) is 60.4 Å². The van der Waals surface area contributed by atoms with E-state index in [1.807, 2.05) is 13.8 Å². The average Bonchev–Trinajstić information content (AvgIpc) is 2.66. The molecule has 0 aliphatic heterocycles. The third-order valence-corrected chi connectivity index (χ3v) is 3.38. The molecule has 4 heteroatoms. The van der Waals surface area contributed by atoms with Crippen LogP contribution in [-0.4, -0.2) is 24.1 Å². The predicted molar refractivity (Wildman–Crippen MR) is 67.0 cm³/mol. The zero-order valence-corrected chi connectivity index (χ0v) is 11.5. The summed E-state index contributed by atoms with van der Waals surface area (Å²) in [5.74, 6) is -0.237. The molecule has 0 aromatic heterocycles. The molecule has 0 spiro atoms. The van der Waals surface area contributed by atoms with Gasteiger partial charge in [-0.15, -0.1) is 0 Å². The molecule has 0 heterocycles. The maximum atomic E-state index is 12.1. The van der Waals surface area contributed by atoms with Crippen molar-refractivity contribution in [3.05, 3.63) is 0 Å². The van der Waals surface area contributed by atoms with Crippen LogP contribution in [0.15, 0.2) is 0 Å². The normalized spacial score (nSPS) is 23.4. The Hall–Kier alpha value is -1.19. The highest BCUT2D eigenvalue weighted by molar-refractivity contribution is 6.05. The van der Waals surface area contributed by atoms with Crippen LogP contribution < -0.4 is 0 Å². The van der Waals surface area contributed by atoms with Gasteiger partial charge >= 0.3 is 5.97 Å². The molecule has 1 aliphatic rings. The molecule has 0 N–H and O–H groups in total. The second kappa shape index (κ2) is 6.12. The molecule has 1 saturated carbocycles. The van der Waals surface area contributed by atoms with Crippen LogP contribution in [0.3, 0.4) is 0 Å². The van der Waals surface area contributed by atoms with Crippen molar-refractivity contribution < 1.29 is 19.1 Å². The first-order valence-corrected chi connectivity index (χ1v) is 6.58. The van der Waals surface area contributed by atoms with Crippen molar-refractivity contribution in [1.82, 2.24) is 0 Å². The Morgan fingerprint density at radius 3 is 2.50 bits per heavy atom. The summed E-state index contributed by atoms with van der Waals surface area (Å²) in [6, 6.07) is 0. The molecule has 18 heavy (non-hydrogen) atoms. The largest absolute Gasteiger partial charge is 0.465 e. The van der Waals surface area contributed by atoms with Crippen LogP contribution >= 0.6 is 0 Å². The van der Waals surface area contributed by atoms with Gasteiger partial charge in [-0.3, -0.25) is 9.59 Å². The molecule has 0 aromatic rings. The van der Waals surface area contributed by atoms with Crippen molar-refractivity contribution in [2.24, 2.45) is 11.3 Å². The van der Waals surface area contributed by atoms with E-state index < -0.39 is 11.4 Å². The highest BCUT2D eigenvalue weighted by Crippen LogP contribution is 2.40. The van der Waals surface area contributed by atoms with E-state index in [2.05, 4.69) is 0 Å². The van der Waals surface area contributed by atoms with Gasteiger partial charge < -0.3 is 9.53 Å². The first-order chi connectivity index (χ1) is 8.38. The van der Waals surface area contributed by atoms with E-state index in [4.69, 9.17) is 4.74 Å². The van der Waals surface area contributed by atoms with E-state index in [1.165, 1.54) is 6.92 Å². The highest BCUT2D eigenvalue weighted by Gasteiger charge is 2.49. The Balaban J connectivity index is 2.74. The number of carbonyl (C=O) groups is 3. The fourth-order valence-corrected chi connectivity index (χ4v) is 2.28. The molecule has 0 saturated heterocycles. The Bertz CT molecular complexity index is 346. The van der Waals surface area contributed by atoms with Crippen molar-refractivity contribution in [2.45, 2.75) is 52.9 Å². The molecule has 0 radical (unpaired) electrons. The fourth-order valence-electron chi connectivity index (χ4n) is 2.28. The highest BCUT2D eigenvalue weighted by atomic mass is 16.5. The Labute approximate surface area is 108 Å². The molecular formula is C14H22O4.